The number of hydrogen-bond acceptors (Lipinski definition) is 7. The number of anilines is 1. The summed E-state index contributed by atoms with van der Waals surface area (Å²) in [6.45, 7) is 12.4. The van der Waals surface area contributed by atoms with Gasteiger partial charge in [0.05, 0.1) is 23.7 Å². The molecule has 1 fully saturated rings. The van der Waals surface area contributed by atoms with Gasteiger partial charge in [0, 0.05) is 50.5 Å². The second-order valence-corrected chi connectivity index (χ2v) is 9.39. The highest BCUT2D eigenvalue weighted by atomic mass is 16.6. The highest BCUT2D eigenvalue weighted by molar-refractivity contribution is 5.74. The summed E-state index contributed by atoms with van der Waals surface area (Å²) < 4.78 is 7.62. The van der Waals surface area contributed by atoms with Crippen LogP contribution in [0.1, 0.15) is 52.0 Å². The minimum Gasteiger partial charge on any atom is -0.444 e. The van der Waals surface area contributed by atoms with E-state index in [-0.39, 0.29) is 6.09 Å². The van der Waals surface area contributed by atoms with Crippen molar-refractivity contribution < 1.29 is 9.53 Å². The Balaban J connectivity index is 1.43. The van der Waals surface area contributed by atoms with Crippen molar-refractivity contribution in [1.82, 2.24) is 29.4 Å². The maximum absolute atomic E-state index is 12.3. The number of nitrogens with zero attached hydrogens (tertiary/aromatic N) is 7. The van der Waals surface area contributed by atoms with Crippen molar-refractivity contribution in [2.24, 2.45) is 0 Å². The van der Waals surface area contributed by atoms with E-state index in [0.717, 1.165) is 22.4 Å². The van der Waals surface area contributed by atoms with Crippen LogP contribution in [-0.2, 0) is 11.2 Å². The highest BCUT2D eigenvalue weighted by Gasteiger charge is 2.26. The monoisotopic (exact) mass is 437 g/mol. The van der Waals surface area contributed by atoms with Gasteiger partial charge in [-0.05, 0) is 46.8 Å². The van der Waals surface area contributed by atoms with Gasteiger partial charge < -0.3 is 19.1 Å². The van der Waals surface area contributed by atoms with Crippen molar-refractivity contribution in [3.63, 3.8) is 0 Å². The molecule has 0 aliphatic carbocycles. The zero-order valence-corrected chi connectivity index (χ0v) is 19.4. The van der Waals surface area contributed by atoms with Crippen LogP contribution >= 0.6 is 0 Å². The van der Waals surface area contributed by atoms with Crippen LogP contribution in [0.4, 0.5) is 10.7 Å². The maximum Gasteiger partial charge on any atom is 0.410 e. The largest absolute Gasteiger partial charge is 0.444 e. The molecule has 0 radical (unpaired) electrons. The van der Waals surface area contributed by atoms with Crippen LogP contribution in [0.2, 0.25) is 0 Å². The van der Waals surface area contributed by atoms with Gasteiger partial charge in [0.2, 0.25) is 5.95 Å². The average Bonchev–Trinajstić information content (AvgIpc) is 3.16. The number of hydrogen-bond donors (Lipinski definition) is 0. The lowest BCUT2D eigenvalue weighted by atomic mass is 10.2. The Bertz CT molecular complexity index is 1100. The highest BCUT2D eigenvalue weighted by Crippen LogP contribution is 2.20. The van der Waals surface area contributed by atoms with E-state index in [1.165, 1.54) is 0 Å². The Morgan fingerprint density at radius 3 is 2.53 bits per heavy atom. The summed E-state index contributed by atoms with van der Waals surface area (Å²) in [7, 11) is 0. The predicted octanol–water partition coefficient (Wildman–Crippen LogP) is 3.45. The number of ether oxygens (including phenoxy) is 1. The lowest BCUT2D eigenvalue weighted by Crippen LogP contribution is -2.50. The fourth-order valence-electron chi connectivity index (χ4n) is 3.72. The predicted molar refractivity (Wildman–Crippen MR) is 123 cm³/mol. The van der Waals surface area contributed by atoms with Crippen LogP contribution in [0.15, 0.2) is 30.9 Å². The molecule has 0 atom stereocenters. The van der Waals surface area contributed by atoms with Gasteiger partial charge in [0.1, 0.15) is 11.1 Å². The van der Waals surface area contributed by atoms with E-state index in [0.29, 0.717) is 44.6 Å². The Hall–Kier alpha value is -3.23. The van der Waals surface area contributed by atoms with Crippen LogP contribution in [-0.4, -0.2) is 67.3 Å². The van der Waals surface area contributed by atoms with Crippen molar-refractivity contribution in [2.45, 2.75) is 52.7 Å². The first-order valence-electron chi connectivity index (χ1n) is 11.1. The van der Waals surface area contributed by atoms with E-state index in [1.807, 2.05) is 39.4 Å². The fraction of sp³-hybridized carbons (Fsp3) is 0.522. The first-order valence-corrected chi connectivity index (χ1v) is 11.1. The quantitative estimate of drug-likeness (QED) is 0.617. The topological polar surface area (TPSA) is 89.3 Å². The zero-order valence-electron chi connectivity index (χ0n) is 19.4. The van der Waals surface area contributed by atoms with Gasteiger partial charge in [-0.15, -0.1) is 0 Å². The molecule has 1 aliphatic rings. The van der Waals surface area contributed by atoms with Crippen LogP contribution in [0.3, 0.4) is 0 Å². The third-order valence-electron chi connectivity index (χ3n) is 5.35. The molecule has 3 aromatic rings. The Morgan fingerprint density at radius 1 is 1.09 bits per heavy atom. The van der Waals surface area contributed by atoms with E-state index in [9.17, 15) is 4.79 Å². The molecule has 0 unspecified atom stereocenters. The molecule has 4 heterocycles. The van der Waals surface area contributed by atoms with E-state index in [4.69, 9.17) is 9.72 Å². The summed E-state index contributed by atoms with van der Waals surface area (Å²) in [5, 5.41) is 0. The van der Waals surface area contributed by atoms with Crippen molar-refractivity contribution in [3.05, 3.63) is 42.2 Å². The molecule has 3 aromatic heterocycles. The van der Waals surface area contributed by atoms with Crippen molar-refractivity contribution >= 4 is 23.1 Å². The summed E-state index contributed by atoms with van der Waals surface area (Å²) >= 11 is 0. The molecule has 1 aliphatic heterocycles. The van der Waals surface area contributed by atoms with Crippen molar-refractivity contribution in [3.8, 4) is 0 Å². The first kappa shape index (κ1) is 22.0. The fourth-order valence-corrected chi connectivity index (χ4v) is 3.72. The molecule has 9 heteroatoms. The zero-order chi connectivity index (χ0) is 22.9. The maximum atomic E-state index is 12.3. The van der Waals surface area contributed by atoms with E-state index < -0.39 is 5.60 Å². The lowest BCUT2D eigenvalue weighted by molar-refractivity contribution is 0.0240. The molecular formula is C23H31N7O2. The Morgan fingerprint density at radius 2 is 1.84 bits per heavy atom. The molecule has 0 N–H and O–H groups in total. The molecule has 32 heavy (non-hydrogen) atoms. The summed E-state index contributed by atoms with van der Waals surface area (Å²) in [5.41, 5.74) is 3.34. The summed E-state index contributed by atoms with van der Waals surface area (Å²) in [5.74, 6) is 0.680. The number of rotatable bonds is 4. The molecular weight excluding hydrogens is 406 g/mol. The molecule has 0 spiro atoms. The number of imidazole rings is 1. The molecule has 0 aromatic carbocycles. The summed E-state index contributed by atoms with van der Waals surface area (Å²) in [6.07, 6.45) is 5.82. The molecule has 4 rings (SSSR count). The first-order chi connectivity index (χ1) is 15.2. The van der Waals surface area contributed by atoms with Gasteiger partial charge in [-0.3, -0.25) is 4.98 Å². The number of carbonyl (C=O) groups excluding carboxylic acids is 1. The molecule has 0 saturated carbocycles. The summed E-state index contributed by atoms with van der Waals surface area (Å²) in [4.78, 5) is 34.4. The number of aromatic nitrogens is 5. The van der Waals surface area contributed by atoms with Gasteiger partial charge >= 0.3 is 6.09 Å². The third kappa shape index (κ3) is 4.98. The Kier molecular flexibility index (Phi) is 5.99. The number of piperazine rings is 1. The number of amides is 1. The second-order valence-electron chi connectivity index (χ2n) is 9.39. The summed E-state index contributed by atoms with van der Waals surface area (Å²) in [6, 6.07) is 4.34. The minimum atomic E-state index is -0.490. The van der Waals surface area contributed by atoms with Crippen LogP contribution in [0.5, 0.6) is 0 Å². The number of pyridine rings is 1. The second kappa shape index (κ2) is 8.72. The van der Waals surface area contributed by atoms with E-state index >= 15 is 0 Å². The van der Waals surface area contributed by atoms with Gasteiger partial charge in [0.15, 0.2) is 0 Å². The molecule has 170 valence electrons. The van der Waals surface area contributed by atoms with Crippen LogP contribution in [0.25, 0.3) is 11.0 Å². The Labute approximate surface area is 188 Å². The molecule has 9 nitrogen and oxygen atoms in total. The van der Waals surface area contributed by atoms with Crippen LogP contribution < -0.4 is 4.90 Å². The molecule has 1 saturated heterocycles. The van der Waals surface area contributed by atoms with Gasteiger partial charge in [-0.2, -0.15) is 0 Å². The van der Waals surface area contributed by atoms with Crippen molar-refractivity contribution in [1.29, 1.82) is 0 Å². The number of fused-ring (bicyclic) bond motifs is 1. The standard InChI is InChI=1S/C23H31N7O2/c1-16(2)30-15-26-19-14-25-18(13-20(19)30)12-17-6-7-24-21(27-17)28-8-10-29(11-9-28)22(31)32-23(3,4)5/h6-7,13-16H,8-12H2,1-5H3. The minimum absolute atomic E-state index is 0.270. The number of carbonyl (C=O) groups is 1. The van der Waals surface area contributed by atoms with Gasteiger partial charge in [-0.25, -0.2) is 19.7 Å². The normalized spacial score (nSPS) is 14.9. The van der Waals surface area contributed by atoms with E-state index in [1.54, 1.807) is 11.1 Å². The smallest absolute Gasteiger partial charge is 0.410 e. The van der Waals surface area contributed by atoms with E-state index in [2.05, 4.69) is 44.3 Å². The van der Waals surface area contributed by atoms with Gasteiger partial charge in [0.25, 0.3) is 0 Å². The molecule has 0 bridgehead atoms. The van der Waals surface area contributed by atoms with Crippen LogP contribution in [0, 0.1) is 0 Å². The third-order valence-corrected chi connectivity index (χ3v) is 5.35. The average molecular weight is 438 g/mol. The van der Waals surface area contributed by atoms with Gasteiger partial charge in [-0.1, -0.05) is 0 Å². The molecule has 1 amide bonds. The SMILES string of the molecule is CC(C)n1cnc2cnc(Cc3ccnc(N4CCN(C(=O)OC(C)(C)C)CC4)n3)cc21. The lowest BCUT2D eigenvalue weighted by Gasteiger charge is -2.35. The van der Waals surface area contributed by atoms with Crippen molar-refractivity contribution in [2.75, 3.05) is 31.1 Å².